The normalized spacial score (nSPS) is 11.6. The first-order valence-electron chi connectivity index (χ1n) is 6.78. The number of carbonyl (C=O) groups excluding carboxylic acids is 1. The summed E-state index contributed by atoms with van der Waals surface area (Å²) in [5.41, 5.74) is 6.23. The van der Waals surface area contributed by atoms with Crippen LogP contribution < -0.4 is 11.1 Å². The van der Waals surface area contributed by atoms with Crippen molar-refractivity contribution in [3.8, 4) is 0 Å². The first-order chi connectivity index (χ1) is 10.0. The molecule has 0 aliphatic heterocycles. The van der Waals surface area contributed by atoms with E-state index in [-0.39, 0.29) is 30.2 Å². The van der Waals surface area contributed by atoms with Crippen LogP contribution >= 0.6 is 23.7 Å². The van der Waals surface area contributed by atoms with Gasteiger partial charge in [0.2, 0.25) is 5.91 Å². The molecule has 1 amide bonds. The minimum atomic E-state index is -0.228. The molecule has 0 saturated heterocycles. The van der Waals surface area contributed by atoms with Crippen molar-refractivity contribution in [3.63, 3.8) is 0 Å². The molecule has 22 heavy (non-hydrogen) atoms. The maximum absolute atomic E-state index is 13.6. The Bertz CT molecular complexity index is 618. The van der Waals surface area contributed by atoms with Crippen LogP contribution in [-0.2, 0) is 11.2 Å². The van der Waals surface area contributed by atoms with Crippen molar-refractivity contribution in [2.24, 2.45) is 5.73 Å². The van der Waals surface area contributed by atoms with E-state index in [1.54, 1.807) is 24.4 Å². The van der Waals surface area contributed by atoms with E-state index in [2.05, 4.69) is 10.3 Å². The van der Waals surface area contributed by atoms with Gasteiger partial charge in [0.25, 0.3) is 0 Å². The van der Waals surface area contributed by atoms with Gasteiger partial charge in [0.1, 0.15) is 5.82 Å². The molecule has 1 aromatic heterocycles. The standard InChI is InChI=1S/C15H18FN3OS.ClH/c1-10(17)6-7-14(20)19-15-18-9-12(21-15)8-11-4-2-3-5-13(11)16;/h2-5,9-10H,6-8,17H2,1H3,(H,18,19,20);1H. The molecule has 0 radical (unpaired) electrons. The number of aromatic nitrogens is 1. The molecule has 7 heteroatoms. The van der Waals surface area contributed by atoms with Crippen LogP contribution in [0.1, 0.15) is 30.2 Å². The van der Waals surface area contributed by atoms with E-state index in [4.69, 9.17) is 5.73 Å². The molecule has 1 heterocycles. The highest BCUT2D eigenvalue weighted by Crippen LogP contribution is 2.22. The van der Waals surface area contributed by atoms with E-state index in [9.17, 15) is 9.18 Å². The van der Waals surface area contributed by atoms with E-state index in [0.717, 1.165) is 4.88 Å². The molecular formula is C15H19ClFN3OS. The lowest BCUT2D eigenvalue weighted by Crippen LogP contribution is -2.19. The summed E-state index contributed by atoms with van der Waals surface area (Å²) in [6.45, 7) is 1.86. The fourth-order valence-corrected chi connectivity index (χ4v) is 2.67. The summed E-state index contributed by atoms with van der Waals surface area (Å²) < 4.78 is 13.6. The first-order valence-corrected chi connectivity index (χ1v) is 7.60. The Morgan fingerprint density at radius 1 is 1.45 bits per heavy atom. The molecule has 0 aliphatic rings. The van der Waals surface area contributed by atoms with E-state index in [1.807, 2.05) is 6.92 Å². The van der Waals surface area contributed by atoms with E-state index >= 15 is 0 Å². The van der Waals surface area contributed by atoms with Crippen LogP contribution in [0.4, 0.5) is 9.52 Å². The van der Waals surface area contributed by atoms with E-state index in [1.165, 1.54) is 17.4 Å². The number of benzene rings is 1. The first kappa shape index (κ1) is 18.5. The third-order valence-electron chi connectivity index (χ3n) is 2.95. The van der Waals surface area contributed by atoms with Gasteiger partial charge in [-0.3, -0.25) is 4.79 Å². The number of carbonyl (C=O) groups is 1. The Labute approximate surface area is 139 Å². The second-order valence-corrected chi connectivity index (χ2v) is 6.08. The average molecular weight is 344 g/mol. The molecule has 0 saturated carbocycles. The highest BCUT2D eigenvalue weighted by atomic mass is 35.5. The second-order valence-electron chi connectivity index (χ2n) is 4.96. The summed E-state index contributed by atoms with van der Waals surface area (Å²) in [6.07, 6.45) is 3.15. The highest BCUT2D eigenvalue weighted by molar-refractivity contribution is 7.15. The number of nitrogens with one attached hydrogen (secondary N) is 1. The molecule has 2 rings (SSSR count). The lowest BCUT2D eigenvalue weighted by Gasteiger charge is -2.04. The molecule has 1 aromatic carbocycles. The monoisotopic (exact) mass is 343 g/mol. The zero-order chi connectivity index (χ0) is 15.2. The van der Waals surface area contributed by atoms with Gasteiger partial charge in [0, 0.05) is 30.0 Å². The topological polar surface area (TPSA) is 68.0 Å². The molecule has 1 unspecified atom stereocenters. The average Bonchev–Trinajstić information content (AvgIpc) is 2.86. The van der Waals surface area contributed by atoms with Gasteiger partial charge < -0.3 is 11.1 Å². The fraction of sp³-hybridized carbons (Fsp3) is 0.333. The van der Waals surface area contributed by atoms with Gasteiger partial charge in [-0.15, -0.1) is 23.7 Å². The van der Waals surface area contributed by atoms with E-state index in [0.29, 0.717) is 30.0 Å². The predicted octanol–water partition coefficient (Wildman–Crippen LogP) is 3.36. The Hall–Kier alpha value is -1.50. The van der Waals surface area contributed by atoms with Crippen LogP contribution in [0, 0.1) is 5.82 Å². The molecule has 0 bridgehead atoms. The quantitative estimate of drug-likeness (QED) is 0.845. The minimum Gasteiger partial charge on any atom is -0.328 e. The van der Waals surface area contributed by atoms with Crippen molar-refractivity contribution in [1.29, 1.82) is 0 Å². The molecule has 1 atom stereocenters. The molecule has 0 aliphatic carbocycles. The lowest BCUT2D eigenvalue weighted by atomic mass is 10.1. The molecule has 4 nitrogen and oxygen atoms in total. The summed E-state index contributed by atoms with van der Waals surface area (Å²) in [4.78, 5) is 16.7. The minimum absolute atomic E-state index is 0. The SMILES string of the molecule is CC(N)CCC(=O)Nc1ncc(Cc2ccccc2F)s1.Cl. The zero-order valence-corrected chi connectivity index (χ0v) is 13.8. The highest BCUT2D eigenvalue weighted by Gasteiger charge is 2.09. The molecule has 2 aromatic rings. The van der Waals surface area contributed by atoms with Crippen LogP contribution in [0.5, 0.6) is 0 Å². The van der Waals surface area contributed by atoms with Crippen LogP contribution in [0.15, 0.2) is 30.5 Å². The van der Waals surface area contributed by atoms with Gasteiger partial charge in [-0.2, -0.15) is 0 Å². The number of nitrogens with two attached hydrogens (primary N) is 1. The Kier molecular flexibility index (Phi) is 7.44. The van der Waals surface area contributed by atoms with Gasteiger partial charge in [-0.1, -0.05) is 18.2 Å². The largest absolute Gasteiger partial charge is 0.328 e. The predicted molar refractivity (Wildman–Crippen MR) is 90.1 cm³/mol. The molecule has 0 fully saturated rings. The van der Waals surface area contributed by atoms with Gasteiger partial charge >= 0.3 is 0 Å². The maximum Gasteiger partial charge on any atom is 0.226 e. The third-order valence-corrected chi connectivity index (χ3v) is 3.86. The molecule has 3 N–H and O–H groups in total. The fourth-order valence-electron chi connectivity index (χ4n) is 1.82. The molecular weight excluding hydrogens is 325 g/mol. The summed E-state index contributed by atoms with van der Waals surface area (Å²) in [6, 6.07) is 6.65. The Balaban J connectivity index is 0.00000242. The lowest BCUT2D eigenvalue weighted by molar-refractivity contribution is -0.116. The number of thiazole rings is 1. The van der Waals surface area contributed by atoms with Crippen molar-refractivity contribution in [2.45, 2.75) is 32.2 Å². The number of halogens is 2. The molecule has 0 spiro atoms. The number of hydrogen-bond acceptors (Lipinski definition) is 4. The summed E-state index contributed by atoms with van der Waals surface area (Å²) in [7, 11) is 0. The number of rotatable bonds is 6. The Morgan fingerprint density at radius 3 is 2.86 bits per heavy atom. The summed E-state index contributed by atoms with van der Waals surface area (Å²) >= 11 is 1.36. The van der Waals surface area contributed by atoms with Crippen molar-refractivity contribution in [1.82, 2.24) is 4.98 Å². The number of anilines is 1. The zero-order valence-electron chi connectivity index (χ0n) is 12.2. The second kappa shape index (κ2) is 8.82. The number of amides is 1. The number of hydrogen-bond donors (Lipinski definition) is 2. The van der Waals surface area contributed by atoms with Crippen molar-refractivity contribution in [3.05, 3.63) is 46.7 Å². The van der Waals surface area contributed by atoms with Crippen LogP contribution in [0.2, 0.25) is 0 Å². The van der Waals surface area contributed by atoms with Gasteiger partial charge in [0.15, 0.2) is 5.13 Å². The van der Waals surface area contributed by atoms with Gasteiger partial charge in [-0.05, 0) is 25.0 Å². The van der Waals surface area contributed by atoms with Crippen molar-refractivity contribution < 1.29 is 9.18 Å². The third kappa shape index (κ3) is 5.71. The van der Waals surface area contributed by atoms with Crippen LogP contribution in [-0.4, -0.2) is 16.9 Å². The van der Waals surface area contributed by atoms with Crippen LogP contribution in [0.25, 0.3) is 0 Å². The van der Waals surface area contributed by atoms with E-state index < -0.39 is 0 Å². The van der Waals surface area contributed by atoms with Crippen LogP contribution in [0.3, 0.4) is 0 Å². The van der Waals surface area contributed by atoms with Crippen molar-refractivity contribution >= 4 is 34.8 Å². The Morgan fingerprint density at radius 2 is 2.18 bits per heavy atom. The van der Waals surface area contributed by atoms with Gasteiger partial charge in [0.05, 0.1) is 0 Å². The summed E-state index contributed by atoms with van der Waals surface area (Å²) in [5.74, 6) is -0.326. The van der Waals surface area contributed by atoms with Crippen molar-refractivity contribution in [2.75, 3.05) is 5.32 Å². The number of nitrogens with zero attached hydrogens (tertiary/aromatic N) is 1. The molecule has 120 valence electrons. The van der Waals surface area contributed by atoms with Gasteiger partial charge in [-0.25, -0.2) is 9.37 Å². The summed E-state index contributed by atoms with van der Waals surface area (Å²) in [5, 5.41) is 3.28. The maximum atomic E-state index is 13.6. The smallest absolute Gasteiger partial charge is 0.226 e.